The average molecular weight is 327 g/mol. The standard InChI is InChI=1S/C14H18F4N2.ClH/c15-13-6-11(5-12(7-13)14(16,17)18)9-20-3-1-10(8-19)2-4-20;/h5-7,10H,1-4,8-9,19H2;1H. The van der Waals surface area contributed by atoms with Gasteiger partial charge in [0.1, 0.15) is 5.82 Å². The lowest BCUT2D eigenvalue weighted by Crippen LogP contribution is -2.35. The Balaban J connectivity index is 0.00000220. The van der Waals surface area contributed by atoms with Crippen LogP contribution >= 0.6 is 12.4 Å². The minimum absolute atomic E-state index is 0. The van der Waals surface area contributed by atoms with Crippen molar-refractivity contribution in [2.24, 2.45) is 11.7 Å². The monoisotopic (exact) mass is 326 g/mol. The van der Waals surface area contributed by atoms with Gasteiger partial charge in [0.15, 0.2) is 0 Å². The Morgan fingerprint density at radius 3 is 2.29 bits per heavy atom. The molecule has 0 spiro atoms. The fraction of sp³-hybridized carbons (Fsp3) is 0.571. The van der Waals surface area contributed by atoms with E-state index in [2.05, 4.69) is 0 Å². The average Bonchev–Trinajstić information content (AvgIpc) is 2.38. The highest BCUT2D eigenvalue weighted by Crippen LogP contribution is 2.31. The fourth-order valence-corrected chi connectivity index (χ4v) is 2.54. The van der Waals surface area contributed by atoms with Crippen molar-refractivity contribution >= 4 is 12.4 Å². The Labute approximate surface area is 127 Å². The zero-order valence-electron chi connectivity index (χ0n) is 11.5. The zero-order valence-corrected chi connectivity index (χ0v) is 12.3. The number of rotatable bonds is 3. The van der Waals surface area contributed by atoms with E-state index in [9.17, 15) is 17.6 Å². The molecule has 2 N–H and O–H groups in total. The Morgan fingerprint density at radius 2 is 1.76 bits per heavy atom. The molecule has 0 amide bonds. The molecule has 120 valence electrons. The lowest BCUT2D eigenvalue weighted by Gasteiger charge is -2.31. The molecule has 0 aliphatic carbocycles. The first-order chi connectivity index (χ1) is 9.38. The van der Waals surface area contributed by atoms with Gasteiger partial charge in [-0.05, 0) is 62.2 Å². The van der Waals surface area contributed by atoms with Crippen LogP contribution in [0.15, 0.2) is 18.2 Å². The molecule has 1 saturated heterocycles. The molecule has 0 aromatic heterocycles. The molecule has 0 radical (unpaired) electrons. The summed E-state index contributed by atoms with van der Waals surface area (Å²) in [4.78, 5) is 2.04. The fourth-order valence-electron chi connectivity index (χ4n) is 2.54. The summed E-state index contributed by atoms with van der Waals surface area (Å²) in [5.74, 6) is -0.351. The van der Waals surface area contributed by atoms with E-state index in [-0.39, 0.29) is 12.4 Å². The molecule has 0 unspecified atom stereocenters. The minimum Gasteiger partial charge on any atom is -0.330 e. The summed E-state index contributed by atoms with van der Waals surface area (Å²) >= 11 is 0. The maximum atomic E-state index is 13.3. The van der Waals surface area contributed by atoms with Gasteiger partial charge in [0.2, 0.25) is 0 Å². The normalized spacial score (nSPS) is 17.6. The van der Waals surface area contributed by atoms with E-state index in [4.69, 9.17) is 5.73 Å². The molecule has 0 saturated carbocycles. The molecule has 1 heterocycles. The summed E-state index contributed by atoms with van der Waals surface area (Å²) in [6, 6.07) is 2.73. The van der Waals surface area contributed by atoms with Crippen LogP contribution in [-0.4, -0.2) is 24.5 Å². The highest BCUT2D eigenvalue weighted by Gasteiger charge is 2.31. The topological polar surface area (TPSA) is 29.3 Å². The van der Waals surface area contributed by atoms with Gasteiger partial charge in [-0.15, -0.1) is 12.4 Å². The second kappa shape index (κ2) is 7.42. The van der Waals surface area contributed by atoms with E-state index < -0.39 is 17.6 Å². The number of alkyl halides is 3. The van der Waals surface area contributed by atoms with Crippen molar-refractivity contribution in [2.45, 2.75) is 25.6 Å². The number of hydrogen-bond donors (Lipinski definition) is 1. The van der Waals surface area contributed by atoms with E-state index >= 15 is 0 Å². The molecule has 0 atom stereocenters. The van der Waals surface area contributed by atoms with Gasteiger partial charge in [0.05, 0.1) is 5.56 Å². The van der Waals surface area contributed by atoms with Crippen LogP contribution in [-0.2, 0) is 12.7 Å². The molecular weight excluding hydrogens is 308 g/mol. The molecule has 7 heteroatoms. The van der Waals surface area contributed by atoms with E-state index in [1.165, 1.54) is 6.07 Å². The molecule has 21 heavy (non-hydrogen) atoms. The van der Waals surface area contributed by atoms with Crippen molar-refractivity contribution in [1.82, 2.24) is 4.90 Å². The van der Waals surface area contributed by atoms with Gasteiger partial charge in [-0.1, -0.05) is 0 Å². The third-order valence-electron chi connectivity index (χ3n) is 3.73. The second-order valence-electron chi connectivity index (χ2n) is 5.30. The maximum Gasteiger partial charge on any atom is 0.416 e. The molecule has 2 nitrogen and oxygen atoms in total. The number of nitrogens with zero attached hydrogens (tertiary/aromatic N) is 1. The first-order valence-corrected chi connectivity index (χ1v) is 6.67. The van der Waals surface area contributed by atoms with Crippen LogP contribution in [0.1, 0.15) is 24.0 Å². The summed E-state index contributed by atoms with van der Waals surface area (Å²) in [6.45, 7) is 2.57. The van der Waals surface area contributed by atoms with Gasteiger partial charge in [-0.25, -0.2) is 4.39 Å². The van der Waals surface area contributed by atoms with Crippen LogP contribution in [0.3, 0.4) is 0 Å². The van der Waals surface area contributed by atoms with Crippen molar-refractivity contribution in [1.29, 1.82) is 0 Å². The summed E-state index contributed by atoms with van der Waals surface area (Å²) in [7, 11) is 0. The Kier molecular flexibility index (Phi) is 6.43. The highest BCUT2D eigenvalue weighted by molar-refractivity contribution is 5.85. The van der Waals surface area contributed by atoms with E-state index in [0.717, 1.165) is 32.0 Å². The summed E-state index contributed by atoms with van der Waals surface area (Å²) in [5, 5.41) is 0. The number of nitrogens with two attached hydrogens (primary N) is 1. The number of benzene rings is 1. The van der Waals surface area contributed by atoms with Crippen molar-refractivity contribution < 1.29 is 17.6 Å². The van der Waals surface area contributed by atoms with Gasteiger partial charge in [0.25, 0.3) is 0 Å². The Bertz CT molecular complexity index is 457. The van der Waals surface area contributed by atoms with Crippen LogP contribution in [0, 0.1) is 11.7 Å². The van der Waals surface area contributed by atoms with E-state index in [0.29, 0.717) is 30.6 Å². The first-order valence-electron chi connectivity index (χ1n) is 6.67. The van der Waals surface area contributed by atoms with Gasteiger partial charge in [-0.2, -0.15) is 13.2 Å². The number of hydrogen-bond acceptors (Lipinski definition) is 2. The Morgan fingerprint density at radius 1 is 1.14 bits per heavy atom. The SMILES string of the molecule is Cl.NCC1CCN(Cc2cc(F)cc(C(F)(F)F)c2)CC1. The molecule has 1 aromatic carbocycles. The molecule has 1 aliphatic rings. The van der Waals surface area contributed by atoms with E-state index in [1.54, 1.807) is 0 Å². The molecule has 2 rings (SSSR count). The largest absolute Gasteiger partial charge is 0.416 e. The molecule has 1 fully saturated rings. The van der Waals surface area contributed by atoms with Gasteiger partial charge >= 0.3 is 6.18 Å². The number of piperidine rings is 1. The first kappa shape index (κ1) is 18.2. The summed E-state index contributed by atoms with van der Waals surface area (Å²) < 4.78 is 51.2. The van der Waals surface area contributed by atoms with Gasteiger partial charge in [0, 0.05) is 6.54 Å². The maximum absolute atomic E-state index is 13.3. The van der Waals surface area contributed by atoms with Crippen molar-refractivity contribution in [3.63, 3.8) is 0 Å². The van der Waals surface area contributed by atoms with E-state index in [1.807, 2.05) is 4.90 Å². The van der Waals surface area contributed by atoms with Crippen molar-refractivity contribution in [2.75, 3.05) is 19.6 Å². The van der Waals surface area contributed by atoms with Crippen molar-refractivity contribution in [3.8, 4) is 0 Å². The third kappa shape index (κ3) is 5.13. The number of halogens is 5. The molecular formula is C14H19ClF4N2. The lowest BCUT2D eigenvalue weighted by atomic mass is 9.96. The summed E-state index contributed by atoms with van der Waals surface area (Å²) in [6.07, 6.45) is -2.63. The van der Waals surface area contributed by atoms with Crippen LogP contribution in [0.25, 0.3) is 0 Å². The number of likely N-dealkylation sites (tertiary alicyclic amines) is 1. The van der Waals surface area contributed by atoms with Crippen LogP contribution in [0.5, 0.6) is 0 Å². The predicted molar refractivity (Wildman–Crippen MR) is 75.7 cm³/mol. The third-order valence-corrected chi connectivity index (χ3v) is 3.73. The Hall–Kier alpha value is -0.850. The van der Waals surface area contributed by atoms with Gasteiger partial charge in [-0.3, -0.25) is 4.90 Å². The predicted octanol–water partition coefficient (Wildman–Crippen LogP) is 3.44. The van der Waals surface area contributed by atoms with Crippen LogP contribution < -0.4 is 5.73 Å². The minimum atomic E-state index is -4.51. The second-order valence-corrected chi connectivity index (χ2v) is 5.30. The molecule has 0 bridgehead atoms. The quantitative estimate of drug-likeness (QED) is 0.862. The molecule has 1 aliphatic heterocycles. The smallest absolute Gasteiger partial charge is 0.330 e. The summed E-state index contributed by atoms with van der Waals surface area (Å²) in [5.41, 5.74) is 5.03. The highest BCUT2D eigenvalue weighted by atomic mass is 35.5. The van der Waals surface area contributed by atoms with Crippen LogP contribution in [0.2, 0.25) is 0 Å². The lowest BCUT2D eigenvalue weighted by molar-refractivity contribution is -0.137. The van der Waals surface area contributed by atoms with Gasteiger partial charge < -0.3 is 5.73 Å². The van der Waals surface area contributed by atoms with Crippen molar-refractivity contribution in [3.05, 3.63) is 35.1 Å². The zero-order chi connectivity index (χ0) is 14.8. The molecule has 1 aromatic rings. The van der Waals surface area contributed by atoms with Crippen LogP contribution in [0.4, 0.5) is 17.6 Å².